The molecule has 0 saturated heterocycles. The number of aromatic nitrogens is 2. The molecule has 3 aromatic carbocycles. The van der Waals surface area contributed by atoms with Crippen molar-refractivity contribution in [3.05, 3.63) is 95.3 Å². The van der Waals surface area contributed by atoms with Crippen LogP contribution in [-0.2, 0) is 6.54 Å². The molecule has 1 aromatic heterocycles. The summed E-state index contributed by atoms with van der Waals surface area (Å²) in [6.07, 6.45) is 0. The number of hydrogen-bond acceptors (Lipinski definition) is 3. The second-order valence-corrected chi connectivity index (χ2v) is 7.79. The summed E-state index contributed by atoms with van der Waals surface area (Å²) in [5.41, 5.74) is 4.86. The summed E-state index contributed by atoms with van der Waals surface area (Å²) >= 11 is 0. The first kappa shape index (κ1) is 20.7. The molecule has 1 amide bonds. The second-order valence-electron chi connectivity index (χ2n) is 7.79. The van der Waals surface area contributed by atoms with Crippen LogP contribution in [0.5, 0.6) is 5.75 Å². The van der Waals surface area contributed by atoms with Gasteiger partial charge in [0, 0.05) is 5.56 Å². The van der Waals surface area contributed by atoms with Crippen LogP contribution >= 0.6 is 0 Å². The fourth-order valence-electron chi connectivity index (χ4n) is 3.70. The van der Waals surface area contributed by atoms with Gasteiger partial charge in [0.25, 0.3) is 5.91 Å². The number of ether oxygens (including phenoxy) is 1. The molecule has 0 fully saturated rings. The Kier molecular flexibility index (Phi) is 6.03. The Bertz CT molecular complexity index is 1200. The summed E-state index contributed by atoms with van der Waals surface area (Å²) in [7, 11) is 0. The zero-order valence-electron chi connectivity index (χ0n) is 18.1. The number of carbonyl (C=O) groups excluding carboxylic acids is 1. The highest BCUT2D eigenvalue weighted by atomic mass is 16.5. The molecule has 31 heavy (non-hydrogen) atoms. The van der Waals surface area contributed by atoms with Gasteiger partial charge in [-0.05, 0) is 62.2 Å². The van der Waals surface area contributed by atoms with Crippen molar-refractivity contribution in [2.45, 2.75) is 33.4 Å². The van der Waals surface area contributed by atoms with Crippen molar-refractivity contribution in [3.8, 4) is 5.75 Å². The highest BCUT2D eigenvalue weighted by molar-refractivity contribution is 5.94. The van der Waals surface area contributed by atoms with Crippen LogP contribution in [-0.4, -0.2) is 22.1 Å². The fourth-order valence-corrected chi connectivity index (χ4v) is 3.70. The Morgan fingerprint density at radius 2 is 1.77 bits per heavy atom. The lowest BCUT2D eigenvalue weighted by Gasteiger charge is -2.17. The summed E-state index contributed by atoms with van der Waals surface area (Å²) < 4.78 is 8.22. The lowest BCUT2D eigenvalue weighted by molar-refractivity contribution is 0.0937. The van der Waals surface area contributed by atoms with E-state index in [1.54, 1.807) is 0 Å². The molecule has 5 nitrogen and oxygen atoms in total. The average Bonchev–Trinajstić information content (AvgIpc) is 3.15. The van der Waals surface area contributed by atoms with E-state index in [0.29, 0.717) is 18.7 Å². The van der Waals surface area contributed by atoms with Crippen LogP contribution in [0.1, 0.15) is 40.3 Å². The number of aryl methyl sites for hydroxylation is 2. The number of nitrogens with one attached hydrogen (secondary N) is 1. The second kappa shape index (κ2) is 9.04. The van der Waals surface area contributed by atoms with E-state index in [1.165, 1.54) is 5.56 Å². The number of fused-ring (bicyclic) bond motifs is 1. The third-order valence-corrected chi connectivity index (χ3v) is 5.37. The topological polar surface area (TPSA) is 56.1 Å². The molecule has 1 atom stereocenters. The van der Waals surface area contributed by atoms with Gasteiger partial charge in [0.15, 0.2) is 0 Å². The molecular weight excluding hydrogens is 386 g/mol. The predicted molar refractivity (Wildman–Crippen MR) is 123 cm³/mol. The molecule has 0 aliphatic rings. The van der Waals surface area contributed by atoms with E-state index in [9.17, 15) is 4.79 Å². The van der Waals surface area contributed by atoms with Gasteiger partial charge in [-0.1, -0.05) is 42.5 Å². The molecule has 0 radical (unpaired) electrons. The summed E-state index contributed by atoms with van der Waals surface area (Å²) in [5.74, 6) is 1.60. The highest BCUT2D eigenvalue weighted by Crippen LogP contribution is 2.23. The zero-order valence-corrected chi connectivity index (χ0v) is 18.1. The van der Waals surface area contributed by atoms with Crippen LogP contribution in [0.25, 0.3) is 11.0 Å². The molecule has 1 N–H and O–H groups in total. The summed E-state index contributed by atoms with van der Waals surface area (Å²) in [6.45, 7) is 7.22. The van der Waals surface area contributed by atoms with Gasteiger partial charge in [0.2, 0.25) is 0 Å². The molecule has 4 rings (SSSR count). The molecule has 0 aliphatic heterocycles. The monoisotopic (exact) mass is 413 g/mol. The number of imidazole rings is 1. The number of benzene rings is 3. The molecular formula is C26H27N3O2. The van der Waals surface area contributed by atoms with Gasteiger partial charge in [0.1, 0.15) is 18.2 Å². The van der Waals surface area contributed by atoms with Crippen LogP contribution in [0.3, 0.4) is 0 Å². The number of para-hydroxylation sites is 2. The van der Waals surface area contributed by atoms with Crippen molar-refractivity contribution in [3.63, 3.8) is 0 Å². The SMILES string of the molecule is Cc1ccc(C)c(OCCn2c(C(C)NC(=O)c3ccccc3)nc3ccccc32)c1. The fraction of sp³-hybridized carbons (Fsp3) is 0.231. The van der Waals surface area contributed by atoms with Crippen LogP contribution in [0.2, 0.25) is 0 Å². The quantitative estimate of drug-likeness (QED) is 0.452. The Morgan fingerprint density at radius 3 is 2.58 bits per heavy atom. The molecule has 5 heteroatoms. The molecule has 1 unspecified atom stereocenters. The average molecular weight is 414 g/mol. The van der Waals surface area contributed by atoms with Gasteiger partial charge in [-0.25, -0.2) is 4.98 Å². The predicted octanol–water partition coefficient (Wildman–Crippen LogP) is 5.22. The third kappa shape index (κ3) is 4.61. The Morgan fingerprint density at radius 1 is 1.03 bits per heavy atom. The van der Waals surface area contributed by atoms with Crippen molar-refractivity contribution >= 4 is 16.9 Å². The normalized spacial score (nSPS) is 12.0. The lowest BCUT2D eigenvalue weighted by atomic mass is 10.1. The number of amides is 1. The Hall–Kier alpha value is -3.60. The van der Waals surface area contributed by atoms with Crippen LogP contribution in [0, 0.1) is 13.8 Å². The van der Waals surface area contributed by atoms with Gasteiger partial charge in [0.05, 0.1) is 23.6 Å². The minimum Gasteiger partial charge on any atom is -0.491 e. The van der Waals surface area contributed by atoms with E-state index < -0.39 is 0 Å². The van der Waals surface area contributed by atoms with E-state index in [1.807, 2.05) is 62.4 Å². The largest absolute Gasteiger partial charge is 0.491 e. The van der Waals surface area contributed by atoms with Gasteiger partial charge >= 0.3 is 0 Å². The molecule has 0 spiro atoms. The maximum atomic E-state index is 12.7. The summed E-state index contributed by atoms with van der Waals surface area (Å²) in [5, 5.41) is 3.08. The summed E-state index contributed by atoms with van der Waals surface area (Å²) in [4.78, 5) is 17.5. The molecule has 1 heterocycles. The maximum Gasteiger partial charge on any atom is 0.251 e. The van der Waals surface area contributed by atoms with E-state index in [2.05, 4.69) is 41.1 Å². The van der Waals surface area contributed by atoms with Crippen molar-refractivity contribution in [1.29, 1.82) is 0 Å². The van der Waals surface area contributed by atoms with Gasteiger partial charge < -0.3 is 14.6 Å². The number of rotatable bonds is 7. The van der Waals surface area contributed by atoms with E-state index in [-0.39, 0.29) is 11.9 Å². The Balaban J connectivity index is 1.55. The first-order valence-electron chi connectivity index (χ1n) is 10.5. The first-order chi connectivity index (χ1) is 15.0. The maximum absolute atomic E-state index is 12.7. The van der Waals surface area contributed by atoms with Gasteiger partial charge in [-0.2, -0.15) is 0 Å². The third-order valence-electron chi connectivity index (χ3n) is 5.37. The minimum atomic E-state index is -0.249. The summed E-state index contributed by atoms with van der Waals surface area (Å²) in [6, 6.07) is 23.2. The number of carbonyl (C=O) groups is 1. The van der Waals surface area contributed by atoms with Gasteiger partial charge in [-0.15, -0.1) is 0 Å². The lowest BCUT2D eigenvalue weighted by Crippen LogP contribution is -2.29. The zero-order chi connectivity index (χ0) is 21.8. The van der Waals surface area contributed by atoms with Crippen LogP contribution < -0.4 is 10.1 Å². The van der Waals surface area contributed by atoms with E-state index in [0.717, 1.165) is 28.2 Å². The van der Waals surface area contributed by atoms with Crippen molar-refractivity contribution in [2.75, 3.05) is 6.61 Å². The molecule has 0 bridgehead atoms. The minimum absolute atomic E-state index is 0.113. The van der Waals surface area contributed by atoms with Gasteiger partial charge in [-0.3, -0.25) is 4.79 Å². The molecule has 0 saturated carbocycles. The smallest absolute Gasteiger partial charge is 0.251 e. The van der Waals surface area contributed by atoms with Crippen LogP contribution in [0.15, 0.2) is 72.8 Å². The van der Waals surface area contributed by atoms with E-state index >= 15 is 0 Å². The highest BCUT2D eigenvalue weighted by Gasteiger charge is 2.19. The van der Waals surface area contributed by atoms with Crippen LogP contribution in [0.4, 0.5) is 0 Å². The van der Waals surface area contributed by atoms with E-state index in [4.69, 9.17) is 9.72 Å². The Labute approximate surface area is 182 Å². The number of hydrogen-bond donors (Lipinski definition) is 1. The molecule has 0 aliphatic carbocycles. The molecule has 158 valence electrons. The van der Waals surface area contributed by atoms with Crippen molar-refractivity contribution < 1.29 is 9.53 Å². The van der Waals surface area contributed by atoms with Crippen molar-refractivity contribution in [1.82, 2.24) is 14.9 Å². The molecule has 4 aromatic rings. The standard InChI is InChI=1S/C26H27N3O2/c1-18-13-14-19(2)24(17-18)31-16-15-29-23-12-8-7-11-22(23)28-25(29)20(3)27-26(30)21-9-5-4-6-10-21/h4-14,17,20H,15-16H2,1-3H3,(H,27,30). The van der Waals surface area contributed by atoms with Crippen molar-refractivity contribution in [2.24, 2.45) is 0 Å². The number of nitrogens with zero attached hydrogens (tertiary/aromatic N) is 2. The first-order valence-corrected chi connectivity index (χ1v) is 10.5.